The van der Waals surface area contributed by atoms with E-state index in [1.54, 1.807) is 24.3 Å². The van der Waals surface area contributed by atoms with Gasteiger partial charge in [-0.3, -0.25) is 14.5 Å². The average molecular weight is 345 g/mol. The van der Waals surface area contributed by atoms with E-state index in [-0.39, 0.29) is 17.2 Å². The third kappa shape index (κ3) is 2.77. The Morgan fingerprint density at radius 1 is 1.08 bits per heavy atom. The minimum Gasteiger partial charge on any atom is -0.336 e. The van der Waals surface area contributed by atoms with Crippen molar-refractivity contribution in [1.29, 1.82) is 0 Å². The van der Waals surface area contributed by atoms with Crippen molar-refractivity contribution in [3.05, 3.63) is 41.2 Å². The standard InChI is InChI=1S/C16H19N5O2S/c1-16(2,3)14-18-19-15(21(14)17)24-9-8-20-12(22)10-6-4-5-7-11(10)13(20)23/h4-7H,8-9,17H2,1-3H3. The Hall–Kier alpha value is -2.35. The van der Waals surface area contributed by atoms with Gasteiger partial charge in [-0.25, -0.2) is 4.68 Å². The molecule has 24 heavy (non-hydrogen) atoms. The smallest absolute Gasteiger partial charge is 0.261 e. The molecule has 1 aliphatic heterocycles. The second-order valence-electron chi connectivity index (χ2n) is 6.58. The highest BCUT2D eigenvalue weighted by molar-refractivity contribution is 7.99. The maximum absolute atomic E-state index is 12.3. The highest BCUT2D eigenvalue weighted by atomic mass is 32.2. The number of hydrogen-bond donors (Lipinski definition) is 1. The van der Waals surface area contributed by atoms with Crippen LogP contribution in [0.1, 0.15) is 47.3 Å². The van der Waals surface area contributed by atoms with Gasteiger partial charge in [-0.1, -0.05) is 44.7 Å². The van der Waals surface area contributed by atoms with Crippen molar-refractivity contribution in [2.24, 2.45) is 0 Å². The molecular weight excluding hydrogens is 326 g/mol. The first-order valence-electron chi connectivity index (χ1n) is 7.59. The van der Waals surface area contributed by atoms with E-state index in [1.165, 1.54) is 21.3 Å². The lowest BCUT2D eigenvalue weighted by Gasteiger charge is -2.16. The number of nitrogen functional groups attached to an aromatic ring is 1. The molecule has 0 unspecified atom stereocenters. The summed E-state index contributed by atoms with van der Waals surface area (Å²) in [5, 5.41) is 8.77. The van der Waals surface area contributed by atoms with Crippen LogP contribution in [0.25, 0.3) is 0 Å². The molecule has 3 rings (SSSR count). The Morgan fingerprint density at radius 2 is 1.67 bits per heavy atom. The van der Waals surface area contributed by atoms with E-state index in [0.29, 0.717) is 34.4 Å². The molecule has 7 nitrogen and oxygen atoms in total. The summed E-state index contributed by atoms with van der Waals surface area (Å²) < 4.78 is 1.47. The predicted molar refractivity (Wildman–Crippen MR) is 91.4 cm³/mol. The monoisotopic (exact) mass is 345 g/mol. The van der Waals surface area contributed by atoms with Crippen molar-refractivity contribution in [2.75, 3.05) is 18.1 Å². The van der Waals surface area contributed by atoms with Gasteiger partial charge in [0.2, 0.25) is 5.16 Å². The van der Waals surface area contributed by atoms with Gasteiger partial charge in [-0.15, -0.1) is 10.2 Å². The van der Waals surface area contributed by atoms with Crippen molar-refractivity contribution in [1.82, 2.24) is 19.8 Å². The fourth-order valence-electron chi connectivity index (χ4n) is 2.56. The van der Waals surface area contributed by atoms with Gasteiger partial charge >= 0.3 is 0 Å². The number of fused-ring (bicyclic) bond motifs is 1. The summed E-state index contributed by atoms with van der Waals surface area (Å²) in [6, 6.07) is 6.87. The highest BCUT2D eigenvalue weighted by Crippen LogP contribution is 2.25. The molecule has 0 radical (unpaired) electrons. The van der Waals surface area contributed by atoms with Crippen molar-refractivity contribution >= 4 is 23.6 Å². The molecule has 1 aromatic carbocycles. The molecule has 1 aliphatic rings. The Balaban J connectivity index is 1.65. The summed E-state index contributed by atoms with van der Waals surface area (Å²) in [5.74, 6) is 6.72. The number of carbonyl (C=O) groups is 2. The van der Waals surface area contributed by atoms with Crippen LogP contribution in [0.3, 0.4) is 0 Å². The number of nitrogens with two attached hydrogens (primary N) is 1. The maximum Gasteiger partial charge on any atom is 0.261 e. The van der Waals surface area contributed by atoms with E-state index in [9.17, 15) is 9.59 Å². The third-order valence-electron chi connectivity index (χ3n) is 3.76. The number of hydrogen-bond acceptors (Lipinski definition) is 6. The van der Waals surface area contributed by atoms with Crippen LogP contribution in [0.15, 0.2) is 29.4 Å². The number of imide groups is 1. The van der Waals surface area contributed by atoms with Gasteiger partial charge in [0.05, 0.1) is 11.1 Å². The largest absolute Gasteiger partial charge is 0.336 e. The molecule has 2 N–H and O–H groups in total. The summed E-state index contributed by atoms with van der Waals surface area (Å²) in [5.41, 5.74) is 0.720. The van der Waals surface area contributed by atoms with Crippen LogP contribution in [-0.2, 0) is 5.41 Å². The van der Waals surface area contributed by atoms with Gasteiger partial charge in [0.25, 0.3) is 11.8 Å². The van der Waals surface area contributed by atoms with Crippen LogP contribution in [0.2, 0.25) is 0 Å². The normalized spacial score (nSPS) is 14.4. The predicted octanol–water partition coefficient (Wildman–Crippen LogP) is 1.68. The summed E-state index contributed by atoms with van der Waals surface area (Å²) in [7, 11) is 0. The van der Waals surface area contributed by atoms with E-state index in [0.717, 1.165) is 0 Å². The summed E-state index contributed by atoms with van der Waals surface area (Å²) >= 11 is 1.37. The molecule has 2 heterocycles. The van der Waals surface area contributed by atoms with E-state index in [2.05, 4.69) is 10.2 Å². The number of thioether (sulfide) groups is 1. The molecular formula is C16H19N5O2S. The van der Waals surface area contributed by atoms with Crippen molar-refractivity contribution in [3.8, 4) is 0 Å². The molecule has 8 heteroatoms. The fraction of sp³-hybridized carbons (Fsp3) is 0.375. The van der Waals surface area contributed by atoms with E-state index in [1.807, 2.05) is 20.8 Å². The highest BCUT2D eigenvalue weighted by Gasteiger charge is 2.34. The fourth-order valence-corrected chi connectivity index (χ4v) is 3.34. The molecule has 0 bridgehead atoms. The molecule has 1 aromatic heterocycles. The molecule has 0 aliphatic carbocycles. The second-order valence-corrected chi connectivity index (χ2v) is 7.64. The van der Waals surface area contributed by atoms with Crippen molar-refractivity contribution in [3.63, 3.8) is 0 Å². The Morgan fingerprint density at radius 3 is 2.17 bits per heavy atom. The summed E-state index contributed by atoms with van der Waals surface area (Å²) in [4.78, 5) is 25.8. The number of amides is 2. The van der Waals surface area contributed by atoms with Gasteiger partial charge < -0.3 is 5.84 Å². The molecule has 126 valence electrons. The zero-order valence-corrected chi connectivity index (χ0v) is 14.6. The first kappa shape index (κ1) is 16.5. The van der Waals surface area contributed by atoms with Crippen molar-refractivity contribution < 1.29 is 9.59 Å². The summed E-state index contributed by atoms with van der Waals surface area (Å²) in [6.45, 7) is 6.32. The molecule has 2 amide bonds. The lowest BCUT2D eigenvalue weighted by molar-refractivity contribution is 0.0664. The number of rotatable bonds is 4. The van der Waals surface area contributed by atoms with E-state index >= 15 is 0 Å². The Kier molecular flexibility index (Phi) is 4.08. The SMILES string of the molecule is CC(C)(C)c1nnc(SCCN2C(=O)c3ccccc3C2=O)n1N. The Labute approximate surface area is 144 Å². The molecule has 0 spiro atoms. The van der Waals surface area contributed by atoms with Crippen LogP contribution in [0.4, 0.5) is 0 Å². The van der Waals surface area contributed by atoms with Crippen molar-refractivity contribution in [2.45, 2.75) is 31.3 Å². The first-order chi connectivity index (χ1) is 11.3. The number of nitrogens with zero attached hydrogens (tertiary/aromatic N) is 4. The third-order valence-corrected chi connectivity index (χ3v) is 4.68. The maximum atomic E-state index is 12.3. The average Bonchev–Trinajstić information content (AvgIpc) is 3.01. The second kappa shape index (κ2) is 5.94. The minimum absolute atomic E-state index is 0.205. The van der Waals surface area contributed by atoms with Crippen LogP contribution in [0, 0.1) is 0 Å². The van der Waals surface area contributed by atoms with Gasteiger partial charge in [-0.2, -0.15) is 0 Å². The van der Waals surface area contributed by atoms with Gasteiger partial charge in [0, 0.05) is 17.7 Å². The van der Waals surface area contributed by atoms with Crippen LogP contribution >= 0.6 is 11.8 Å². The quantitative estimate of drug-likeness (QED) is 0.515. The molecule has 0 saturated heterocycles. The van der Waals surface area contributed by atoms with Crippen LogP contribution < -0.4 is 5.84 Å². The lowest BCUT2D eigenvalue weighted by atomic mass is 9.96. The van der Waals surface area contributed by atoms with Crippen LogP contribution in [0.5, 0.6) is 0 Å². The molecule has 0 atom stereocenters. The number of benzene rings is 1. The Bertz CT molecular complexity index is 774. The molecule has 0 fully saturated rings. The lowest BCUT2D eigenvalue weighted by Crippen LogP contribution is -2.32. The summed E-state index contributed by atoms with van der Waals surface area (Å²) in [6.07, 6.45) is 0. The van der Waals surface area contributed by atoms with Crippen LogP contribution in [-0.4, -0.2) is 43.9 Å². The van der Waals surface area contributed by atoms with Gasteiger partial charge in [0.15, 0.2) is 5.82 Å². The first-order valence-corrected chi connectivity index (χ1v) is 8.58. The minimum atomic E-state index is -0.249. The van der Waals surface area contributed by atoms with Gasteiger partial charge in [-0.05, 0) is 12.1 Å². The topological polar surface area (TPSA) is 94.1 Å². The zero-order chi connectivity index (χ0) is 17.5. The molecule has 0 saturated carbocycles. The van der Waals surface area contributed by atoms with E-state index in [4.69, 9.17) is 5.84 Å². The van der Waals surface area contributed by atoms with Gasteiger partial charge in [0.1, 0.15) is 0 Å². The number of carbonyl (C=O) groups excluding carboxylic acids is 2. The molecule has 2 aromatic rings. The number of aromatic nitrogens is 3. The van der Waals surface area contributed by atoms with E-state index < -0.39 is 0 Å². The zero-order valence-electron chi connectivity index (χ0n) is 13.8.